The lowest BCUT2D eigenvalue weighted by Crippen LogP contribution is -2.12. The Labute approximate surface area is 100 Å². The second-order valence-electron chi connectivity index (χ2n) is 4.05. The molecule has 0 unspecified atom stereocenters. The molecular weight excluding hydrogens is 220 g/mol. The van der Waals surface area contributed by atoms with E-state index in [0.29, 0.717) is 11.7 Å². The summed E-state index contributed by atoms with van der Waals surface area (Å²) in [4.78, 5) is 12.1. The molecule has 0 aromatic heterocycles. The van der Waals surface area contributed by atoms with Crippen molar-refractivity contribution in [3.05, 3.63) is 23.8 Å². The lowest BCUT2D eigenvalue weighted by Gasteiger charge is -2.15. The van der Waals surface area contributed by atoms with Gasteiger partial charge in [0.1, 0.15) is 5.75 Å². The molecule has 0 bridgehead atoms. The topological polar surface area (TPSA) is 26.3 Å². The molecule has 1 aromatic rings. The molecular formula is C13H16O2S. The fourth-order valence-electron chi connectivity index (χ4n) is 2.03. The fourth-order valence-corrected chi connectivity index (χ4v) is 2.46. The highest BCUT2D eigenvalue weighted by atomic mass is 32.2. The minimum atomic E-state index is 0.302. The van der Waals surface area contributed by atoms with Crippen molar-refractivity contribution in [3.63, 3.8) is 0 Å². The molecule has 1 fully saturated rings. The second kappa shape index (κ2) is 5.39. The van der Waals surface area contributed by atoms with Crippen LogP contribution in [0.4, 0.5) is 0 Å². The number of thioether (sulfide) groups is 1. The van der Waals surface area contributed by atoms with Gasteiger partial charge in [0.15, 0.2) is 6.29 Å². The van der Waals surface area contributed by atoms with Gasteiger partial charge in [0.05, 0.1) is 11.7 Å². The van der Waals surface area contributed by atoms with E-state index < -0.39 is 0 Å². The van der Waals surface area contributed by atoms with E-state index in [-0.39, 0.29) is 0 Å². The Hall–Kier alpha value is -0.960. The number of carbonyl (C=O) groups excluding carboxylic acids is 1. The van der Waals surface area contributed by atoms with Gasteiger partial charge in [0.2, 0.25) is 0 Å². The molecule has 0 amide bonds. The lowest BCUT2D eigenvalue weighted by molar-refractivity contribution is 0.111. The molecule has 2 rings (SSSR count). The largest absolute Gasteiger partial charge is 0.490 e. The van der Waals surface area contributed by atoms with Crippen LogP contribution in [0.15, 0.2) is 23.1 Å². The predicted octanol–water partition coefficient (Wildman–Crippen LogP) is 3.54. The maximum Gasteiger partial charge on any atom is 0.153 e. The van der Waals surface area contributed by atoms with Crippen LogP contribution >= 0.6 is 11.8 Å². The van der Waals surface area contributed by atoms with Gasteiger partial charge in [-0.1, -0.05) is 0 Å². The monoisotopic (exact) mass is 236 g/mol. The first-order valence-electron chi connectivity index (χ1n) is 5.63. The summed E-state index contributed by atoms with van der Waals surface area (Å²) in [7, 11) is 0. The van der Waals surface area contributed by atoms with Gasteiger partial charge >= 0.3 is 0 Å². The molecule has 1 aliphatic rings. The molecule has 1 saturated carbocycles. The molecule has 0 radical (unpaired) electrons. The average Bonchev–Trinajstić information content (AvgIpc) is 2.82. The molecule has 0 atom stereocenters. The van der Waals surface area contributed by atoms with E-state index in [1.54, 1.807) is 11.8 Å². The summed E-state index contributed by atoms with van der Waals surface area (Å²) in [5.41, 5.74) is 0.657. The van der Waals surface area contributed by atoms with Crippen LogP contribution in [-0.2, 0) is 0 Å². The predicted molar refractivity (Wildman–Crippen MR) is 66.5 cm³/mol. The number of hydrogen-bond acceptors (Lipinski definition) is 3. The Morgan fingerprint density at radius 3 is 2.75 bits per heavy atom. The van der Waals surface area contributed by atoms with Gasteiger partial charge in [-0.25, -0.2) is 0 Å². The third-order valence-electron chi connectivity index (χ3n) is 2.94. The van der Waals surface area contributed by atoms with Crippen LogP contribution in [0.2, 0.25) is 0 Å². The van der Waals surface area contributed by atoms with Crippen LogP contribution in [-0.4, -0.2) is 18.6 Å². The molecule has 86 valence electrons. The molecule has 0 saturated heterocycles. The normalized spacial score (nSPS) is 16.3. The van der Waals surface area contributed by atoms with Crippen LogP contribution in [0.1, 0.15) is 36.0 Å². The van der Waals surface area contributed by atoms with E-state index in [1.807, 2.05) is 24.5 Å². The maximum absolute atomic E-state index is 10.9. The summed E-state index contributed by atoms with van der Waals surface area (Å²) >= 11 is 1.66. The Bertz CT molecular complexity index is 370. The van der Waals surface area contributed by atoms with Gasteiger partial charge < -0.3 is 4.74 Å². The Morgan fingerprint density at radius 1 is 1.38 bits per heavy atom. The quantitative estimate of drug-likeness (QED) is 0.591. The Kier molecular flexibility index (Phi) is 3.88. The molecule has 3 heteroatoms. The van der Waals surface area contributed by atoms with E-state index in [2.05, 4.69) is 0 Å². The highest BCUT2D eigenvalue weighted by Gasteiger charge is 2.18. The van der Waals surface area contributed by atoms with Gasteiger partial charge in [-0.2, -0.15) is 0 Å². The van der Waals surface area contributed by atoms with Crippen LogP contribution < -0.4 is 4.74 Å². The number of rotatable bonds is 4. The van der Waals surface area contributed by atoms with Gasteiger partial charge in [-0.3, -0.25) is 4.79 Å². The lowest BCUT2D eigenvalue weighted by atomic mass is 10.2. The van der Waals surface area contributed by atoms with Crippen LogP contribution in [0.5, 0.6) is 5.75 Å². The Morgan fingerprint density at radius 2 is 2.12 bits per heavy atom. The molecule has 1 aromatic carbocycles. The molecule has 0 aliphatic heterocycles. The zero-order valence-electron chi connectivity index (χ0n) is 9.44. The molecule has 2 nitrogen and oxygen atoms in total. The van der Waals surface area contributed by atoms with E-state index in [0.717, 1.165) is 29.8 Å². The van der Waals surface area contributed by atoms with Crippen molar-refractivity contribution < 1.29 is 9.53 Å². The van der Waals surface area contributed by atoms with Crippen LogP contribution in [0, 0.1) is 0 Å². The molecule has 0 N–H and O–H groups in total. The SMILES string of the molecule is CSc1ccc(C=O)c(OC2CCCC2)c1. The molecule has 0 heterocycles. The van der Waals surface area contributed by atoms with Crippen molar-refractivity contribution in [2.45, 2.75) is 36.7 Å². The summed E-state index contributed by atoms with van der Waals surface area (Å²) in [6, 6.07) is 5.76. The minimum absolute atomic E-state index is 0.302. The summed E-state index contributed by atoms with van der Waals surface area (Å²) in [5.74, 6) is 0.744. The molecule has 16 heavy (non-hydrogen) atoms. The minimum Gasteiger partial charge on any atom is -0.490 e. The summed E-state index contributed by atoms with van der Waals surface area (Å²) in [6.45, 7) is 0. The third kappa shape index (κ3) is 2.59. The van der Waals surface area contributed by atoms with Crippen molar-refractivity contribution in [3.8, 4) is 5.75 Å². The van der Waals surface area contributed by atoms with Crippen LogP contribution in [0.3, 0.4) is 0 Å². The average molecular weight is 236 g/mol. The first-order chi connectivity index (χ1) is 7.83. The first-order valence-corrected chi connectivity index (χ1v) is 6.86. The number of benzene rings is 1. The van der Waals surface area contributed by atoms with E-state index in [1.165, 1.54) is 12.8 Å². The summed E-state index contributed by atoms with van der Waals surface area (Å²) in [5, 5.41) is 0. The van der Waals surface area contributed by atoms with Crippen molar-refractivity contribution in [1.82, 2.24) is 0 Å². The van der Waals surface area contributed by atoms with Crippen molar-refractivity contribution >= 4 is 18.0 Å². The summed E-state index contributed by atoms with van der Waals surface area (Å²) in [6.07, 6.45) is 7.90. The van der Waals surface area contributed by atoms with Crippen molar-refractivity contribution in [2.24, 2.45) is 0 Å². The number of hydrogen-bond donors (Lipinski definition) is 0. The highest BCUT2D eigenvalue weighted by Crippen LogP contribution is 2.29. The first kappa shape index (κ1) is 11.5. The van der Waals surface area contributed by atoms with Gasteiger partial charge in [0.25, 0.3) is 0 Å². The van der Waals surface area contributed by atoms with Gasteiger partial charge in [0, 0.05) is 4.90 Å². The molecule has 1 aliphatic carbocycles. The van der Waals surface area contributed by atoms with E-state index >= 15 is 0 Å². The van der Waals surface area contributed by atoms with Crippen molar-refractivity contribution in [2.75, 3.05) is 6.26 Å². The van der Waals surface area contributed by atoms with Gasteiger partial charge in [-0.15, -0.1) is 11.8 Å². The zero-order chi connectivity index (χ0) is 11.4. The number of aldehydes is 1. The van der Waals surface area contributed by atoms with Crippen LogP contribution in [0.25, 0.3) is 0 Å². The zero-order valence-corrected chi connectivity index (χ0v) is 10.3. The second-order valence-corrected chi connectivity index (χ2v) is 4.93. The highest BCUT2D eigenvalue weighted by molar-refractivity contribution is 7.98. The van der Waals surface area contributed by atoms with Crippen molar-refractivity contribution in [1.29, 1.82) is 0 Å². The standard InChI is InChI=1S/C13H16O2S/c1-16-12-7-6-10(9-14)13(8-12)15-11-4-2-3-5-11/h6-9,11H,2-5H2,1H3. The molecule has 0 spiro atoms. The number of carbonyl (C=O) groups is 1. The number of ether oxygens (including phenoxy) is 1. The fraction of sp³-hybridized carbons (Fsp3) is 0.462. The smallest absolute Gasteiger partial charge is 0.153 e. The summed E-state index contributed by atoms with van der Waals surface area (Å²) < 4.78 is 5.90. The van der Waals surface area contributed by atoms with E-state index in [4.69, 9.17) is 4.74 Å². The van der Waals surface area contributed by atoms with Gasteiger partial charge in [-0.05, 0) is 50.1 Å². The van der Waals surface area contributed by atoms with E-state index in [9.17, 15) is 4.79 Å². The Balaban J connectivity index is 2.18. The maximum atomic E-state index is 10.9. The third-order valence-corrected chi connectivity index (χ3v) is 3.67.